The fourth-order valence-corrected chi connectivity index (χ4v) is 7.44. The van der Waals surface area contributed by atoms with Gasteiger partial charge in [0.15, 0.2) is 5.78 Å². The molecule has 0 atom stereocenters. The number of hydrogen-bond donors (Lipinski definition) is 2. The first kappa shape index (κ1) is 34.8. The predicted octanol–water partition coefficient (Wildman–Crippen LogP) is 4.78. The maximum atomic E-state index is 13.2. The van der Waals surface area contributed by atoms with Gasteiger partial charge in [-0.2, -0.15) is 0 Å². The van der Waals surface area contributed by atoms with E-state index in [0.29, 0.717) is 18.1 Å². The standard InChI is InChI=1S/C34H39Cl2N5O5S/c35-26-11-14-28(30(36)23-26)33(43)29-7-2-3-8-31(29)38-47(45,46)27-12-9-25(10-13-27)34(44)37-24-32(42)41-21-19-40(20-22-41)18-6-17-39-15-4-1-5-16-39/h2-3,7-14,23,38H,1,4-6,15-22,24H2,(H,37,44). The van der Waals surface area contributed by atoms with Crippen molar-refractivity contribution in [3.8, 4) is 0 Å². The average Bonchev–Trinajstić information content (AvgIpc) is 3.08. The molecule has 0 unspecified atom stereocenters. The number of nitrogens with zero attached hydrogens (tertiary/aromatic N) is 3. The van der Waals surface area contributed by atoms with Gasteiger partial charge in [0.2, 0.25) is 5.91 Å². The molecule has 2 fully saturated rings. The summed E-state index contributed by atoms with van der Waals surface area (Å²) in [6.07, 6.45) is 5.06. The van der Waals surface area contributed by atoms with E-state index in [2.05, 4.69) is 19.8 Å². The van der Waals surface area contributed by atoms with E-state index in [1.54, 1.807) is 17.0 Å². The molecule has 2 aliphatic heterocycles. The molecule has 0 aliphatic carbocycles. The zero-order valence-corrected chi connectivity index (χ0v) is 28.4. The van der Waals surface area contributed by atoms with Crippen LogP contribution in [0.25, 0.3) is 0 Å². The van der Waals surface area contributed by atoms with Crippen LogP contribution in [0.4, 0.5) is 5.69 Å². The number of hydrogen-bond acceptors (Lipinski definition) is 7. The van der Waals surface area contributed by atoms with Gasteiger partial charge < -0.3 is 15.1 Å². The van der Waals surface area contributed by atoms with Gasteiger partial charge in [0, 0.05) is 47.9 Å². The van der Waals surface area contributed by atoms with Crippen LogP contribution in [0.3, 0.4) is 0 Å². The highest BCUT2D eigenvalue weighted by Crippen LogP contribution is 2.28. The number of piperazine rings is 1. The second-order valence-corrected chi connectivity index (χ2v) is 14.3. The highest BCUT2D eigenvalue weighted by Gasteiger charge is 2.23. The van der Waals surface area contributed by atoms with Crippen LogP contribution in [0.15, 0.2) is 71.6 Å². The van der Waals surface area contributed by atoms with Gasteiger partial charge in [-0.15, -0.1) is 0 Å². The fourth-order valence-electron chi connectivity index (χ4n) is 5.87. The molecule has 5 rings (SSSR count). The van der Waals surface area contributed by atoms with Gasteiger partial charge in [-0.25, -0.2) is 8.42 Å². The number of para-hydroxylation sites is 1. The van der Waals surface area contributed by atoms with Gasteiger partial charge in [-0.1, -0.05) is 41.8 Å². The van der Waals surface area contributed by atoms with Crippen LogP contribution in [0.1, 0.15) is 52.0 Å². The molecular weight excluding hydrogens is 661 g/mol. The lowest BCUT2D eigenvalue weighted by molar-refractivity contribution is -0.131. The molecule has 3 aromatic rings. The van der Waals surface area contributed by atoms with E-state index in [4.69, 9.17) is 23.2 Å². The zero-order chi connectivity index (χ0) is 33.4. The number of nitrogens with one attached hydrogen (secondary N) is 2. The summed E-state index contributed by atoms with van der Waals surface area (Å²) in [5.41, 5.74) is 0.568. The minimum absolute atomic E-state index is 0.0714. The van der Waals surface area contributed by atoms with Crippen LogP contribution < -0.4 is 10.0 Å². The molecule has 13 heteroatoms. The molecule has 2 amide bonds. The summed E-state index contributed by atoms with van der Waals surface area (Å²) >= 11 is 12.2. The molecule has 0 radical (unpaired) electrons. The molecule has 3 aromatic carbocycles. The monoisotopic (exact) mass is 699 g/mol. The molecule has 47 heavy (non-hydrogen) atoms. The van der Waals surface area contributed by atoms with Crippen molar-refractivity contribution in [2.45, 2.75) is 30.6 Å². The number of likely N-dealkylation sites (tertiary alicyclic amines) is 1. The van der Waals surface area contributed by atoms with E-state index in [-0.39, 0.29) is 44.7 Å². The summed E-state index contributed by atoms with van der Waals surface area (Å²) in [5, 5.41) is 3.16. The van der Waals surface area contributed by atoms with E-state index >= 15 is 0 Å². The van der Waals surface area contributed by atoms with Gasteiger partial charge in [0.25, 0.3) is 15.9 Å². The lowest BCUT2D eigenvalue weighted by atomic mass is 10.0. The average molecular weight is 701 g/mol. The number of piperidine rings is 1. The van der Waals surface area contributed by atoms with Crippen molar-refractivity contribution in [3.05, 3.63) is 93.5 Å². The second kappa shape index (κ2) is 16.1. The Morgan fingerprint density at radius 1 is 0.745 bits per heavy atom. The van der Waals surface area contributed by atoms with Crippen molar-refractivity contribution in [1.82, 2.24) is 20.0 Å². The molecule has 2 saturated heterocycles. The van der Waals surface area contributed by atoms with Crippen LogP contribution in [0.2, 0.25) is 10.0 Å². The Balaban J connectivity index is 1.10. The molecule has 250 valence electrons. The minimum atomic E-state index is -4.12. The van der Waals surface area contributed by atoms with Gasteiger partial charge >= 0.3 is 0 Å². The third kappa shape index (κ3) is 9.33. The first-order valence-corrected chi connectivity index (χ1v) is 18.1. The summed E-state index contributed by atoms with van der Waals surface area (Å²) in [6, 6.07) is 16.0. The normalized spacial score (nSPS) is 16.1. The number of ketones is 1. The third-order valence-electron chi connectivity index (χ3n) is 8.54. The maximum Gasteiger partial charge on any atom is 0.261 e. The number of rotatable bonds is 12. The molecule has 0 bridgehead atoms. The van der Waals surface area contributed by atoms with Crippen molar-refractivity contribution in [2.75, 3.05) is 63.6 Å². The second-order valence-electron chi connectivity index (χ2n) is 11.8. The summed E-state index contributed by atoms with van der Waals surface area (Å²) < 4.78 is 28.9. The first-order valence-electron chi connectivity index (χ1n) is 15.8. The van der Waals surface area contributed by atoms with Crippen LogP contribution in [0, 0.1) is 0 Å². The largest absolute Gasteiger partial charge is 0.343 e. The van der Waals surface area contributed by atoms with Gasteiger partial charge in [-0.3, -0.25) is 24.0 Å². The SMILES string of the molecule is O=C(NCC(=O)N1CCN(CCCN2CCCCC2)CC1)c1ccc(S(=O)(=O)Nc2ccccc2C(=O)c2ccc(Cl)cc2Cl)cc1. The Hall–Kier alpha value is -3.48. The summed E-state index contributed by atoms with van der Waals surface area (Å²) in [4.78, 5) is 45.4. The molecule has 2 heterocycles. The van der Waals surface area contributed by atoms with Crippen molar-refractivity contribution in [1.29, 1.82) is 0 Å². The lowest BCUT2D eigenvalue weighted by Crippen LogP contribution is -2.51. The molecular formula is C34H39Cl2N5O5S. The Morgan fingerprint density at radius 3 is 2.09 bits per heavy atom. The van der Waals surface area contributed by atoms with Crippen molar-refractivity contribution < 1.29 is 22.8 Å². The Labute approximate surface area is 286 Å². The highest BCUT2D eigenvalue weighted by atomic mass is 35.5. The zero-order valence-electron chi connectivity index (χ0n) is 26.1. The topological polar surface area (TPSA) is 119 Å². The Kier molecular flexibility index (Phi) is 11.9. The van der Waals surface area contributed by atoms with Crippen LogP contribution in [-0.4, -0.2) is 99.6 Å². The number of carbonyl (C=O) groups excluding carboxylic acids is 3. The van der Waals surface area contributed by atoms with Crippen LogP contribution in [0.5, 0.6) is 0 Å². The summed E-state index contributed by atoms with van der Waals surface area (Å²) in [5.74, 6) is -1.11. The van der Waals surface area contributed by atoms with Crippen LogP contribution in [-0.2, 0) is 14.8 Å². The van der Waals surface area contributed by atoms with E-state index in [9.17, 15) is 22.8 Å². The summed E-state index contributed by atoms with van der Waals surface area (Å²) in [6.45, 7) is 7.31. The Morgan fingerprint density at radius 2 is 1.40 bits per heavy atom. The van der Waals surface area contributed by atoms with Gasteiger partial charge in [0.05, 0.1) is 22.2 Å². The molecule has 10 nitrogen and oxygen atoms in total. The number of benzene rings is 3. The van der Waals surface area contributed by atoms with Crippen molar-refractivity contribution in [3.63, 3.8) is 0 Å². The highest BCUT2D eigenvalue weighted by molar-refractivity contribution is 7.92. The quantitative estimate of drug-likeness (QED) is 0.261. The number of amides is 2. The maximum absolute atomic E-state index is 13.2. The smallest absolute Gasteiger partial charge is 0.261 e. The van der Waals surface area contributed by atoms with E-state index < -0.39 is 21.7 Å². The lowest BCUT2D eigenvalue weighted by Gasteiger charge is -2.35. The molecule has 0 aromatic heterocycles. The first-order chi connectivity index (χ1) is 22.6. The number of halogens is 2. The van der Waals surface area contributed by atoms with Crippen molar-refractivity contribution >= 4 is 56.5 Å². The predicted molar refractivity (Wildman–Crippen MR) is 184 cm³/mol. The van der Waals surface area contributed by atoms with Crippen LogP contribution >= 0.6 is 23.2 Å². The van der Waals surface area contributed by atoms with Gasteiger partial charge in [0.1, 0.15) is 0 Å². The molecule has 0 spiro atoms. The van der Waals surface area contributed by atoms with E-state index in [0.717, 1.165) is 32.6 Å². The number of anilines is 1. The van der Waals surface area contributed by atoms with E-state index in [1.165, 1.54) is 86.9 Å². The number of carbonyl (C=O) groups is 3. The third-order valence-corrected chi connectivity index (χ3v) is 10.5. The molecule has 2 aliphatic rings. The fraction of sp³-hybridized carbons (Fsp3) is 0.382. The summed E-state index contributed by atoms with van der Waals surface area (Å²) in [7, 11) is -4.12. The van der Waals surface area contributed by atoms with E-state index in [1.807, 2.05) is 0 Å². The molecule has 0 saturated carbocycles. The Bertz CT molecular complexity index is 1690. The molecule has 2 N–H and O–H groups in total. The minimum Gasteiger partial charge on any atom is -0.343 e. The van der Waals surface area contributed by atoms with Gasteiger partial charge in [-0.05, 0) is 100 Å². The number of sulfonamides is 1. The van der Waals surface area contributed by atoms with Crippen molar-refractivity contribution in [2.24, 2.45) is 0 Å².